The Balaban J connectivity index is 2.35. The number of nitrogens with one attached hydrogen (secondary N) is 1. The summed E-state index contributed by atoms with van der Waals surface area (Å²) in [6.45, 7) is 0.768. The SMILES string of the molecule is N=C(N)[C@H]1CCCO1. The summed E-state index contributed by atoms with van der Waals surface area (Å²) in [5.74, 6) is 0.169. The van der Waals surface area contributed by atoms with E-state index < -0.39 is 0 Å². The molecular weight excluding hydrogens is 104 g/mol. The molecule has 0 unspecified atom stereocenters. The third-order valence-electron chi connectivity index (χ3n) is 1.28. The predicted octanol–water partition coefficient (Wildman–Crippen LogP) is 0.101. The number of hydrogen-bond acceptors (Lipinski definition) is 2. The summed E-state index contributed by atoms with van der Waals surface area (Å²) in [5.41, 5.74) is 5.16. The van der Waals surface area contributed by atoms with Gasteiger partial charge in [0, 0.05) is 6.61 Å². The molecule has 0 spiro atoms. The van der Waals surface area contributed by atoms with Crippen molar-refractivity contribution >= 4 is 5.84 Å². The maximum absolute atomic E-state index is 6.94. The second-order valence-corrected chi connectivity index (χ2v) is 1.96. The summed E-state index contributed by atoms with van der Waals surface area (Å²) >= 11 is 0. The lowest BCUT2D eigenvalue weighted by molar-refractivity contribution is 0.157. The van der Waals surface area contributed by atoms with E-state index in [1.165, 1.54) is 0 Å². The molecule has 1 fully saturated rings. The smallest absolute Gasteiger partial charge is 0.120 e. The standard InChI is InChI=1S/C5H10N2O/c6-5(7)4-2-1-3-8-4/h4H,1-3H2,(H3,6,7)/t4-/m1/s1. The van der Waals surface area contributed by atoms with Gasteiger partial charge >= 0.3 is 0 Å². The van der Waals surface area contributed by atoms with E-state index >= 15 is 0 Å². The second kappa shape index (κ2) is 2.13. The van der Waals surface area contributed by atoms with Crippen molar-refractivity contribution in [2.45, 2.75) is 18.9 Å². The van der Waals surface area contributed by atoms with Crippen LogP contribution < -0.4 is 5.73 Å². The minimum Gasteiger partial charge on any atom is -0.385 e. The van der Waals surface area contributed by atoms with E-state index in [4.69, 9.17) is 15.9 Å². The molecule has 1 aliphatic heterocycles. The molecule has 1 atom stereocenters. The Morgan fingerprint density at radius 3 is 2.75 bits per heavy atom. The number of ether oxygens (including phenoxy) is 1. The Morgan fingerprint density at radius 1 is 1.75 bits per heavy atom. The normalized spacial score (nSPS) is 28.2. The van der Waals surface area contributed by atoms with Gasteiger partial charge in [0.25, 0.3) is 0 Å². The molecule has 0 aliphatic carbocycles. The minimum absolute atomic E-state index is 0.0741. The highest BCUT2D eigenvalue weighted by atomic mass is 16.5. The van der Waals surface area contributed by atoms with Crippen molar-refractivity contribution in [3.8, 4) is 0 Å². The molecule has 0 aromatic rings. The van der Waals surface area contributed by atoms with Crippen LogP contribution in [0, 0.1) is 5.41 Å². The van der Waals surface area contributed by atoms with E-state index in [0.29, 0.717) is 0 Å². The van der Waals surface area contributed by atoms with Crippen LogP contribution in [-0.4, -0.2) is 18.5 Å². The Kier molecular flexibility index (Phi) is 1.48. The fourth-order valence-electron chi connectivity index (χ4n) is 0.823. The fraction of sp³-hybridized carbons (Fsp3) is 0.800. The van der Waals surface area contributed by atoms with E-state index in [0.717, 1.165) is 19.4 Å². The van der Waals surface area contributed by atoms with Gasteiger partial charge in [-0.05, 0) is 12.8 Å². The van der Waals surface area contributed by atoms with Gasteiger partial charge in [-0.3, -0.25) is 5.41 Å². The van der Waals surface area contributed by atoms with Crippen LogP contribution in [-0.2, 0) is 4.74 Å². The summed E-state index contributed by atoms with van der Waals surface area (Å²) in [4.78, 5) is 0. The van der Waals surface area contributed by atoms with Crippen LogP contribution in [0.4, 0.5) is 0 Å². The maximum Gasteiger partial charge on any atom is 0.120 e. The number of hydrogen-bond donors (Lipinski definition) is 2. The average molecular weight is 114 g/mol. The molecule has 8 heavy (non-hydrogen) atoms. The van der Waals surface area contributed by atoms with Gasteiger partial charge in [0.05, 0.1) is 0 Å². The topological polar surface area (TPSA) is 59.1 Å². The molecule has 3 nitrogen and oxygen atoms in total. The lowest BCUT2D eigenvalue weighted by Crippen LogP contribution is -2.26. The minimum atomic E-state index is -0.0741. The van der Waals surface area contributed by atoms with E-state index in [9.17, 15) is 0 Å². The zero-order chi connectivity index (χ0) is 5.98. The van der Waals surface area contributed by atoms with Gasteiger partial charge in [-0.15, -0.1) is 0 Å². The van der Waals surface area contributed by atoms with Gasteiger partial charge < -0.3 is 10.5 Å². The van der Waals surface area contributed by atoms with Crippen LogP contribution in [0.5, 0.6) is 0 Å². The zero-order valence-electron chi connectivity index (χ0n) is 4.68. The van der Waals surface area contributed by atoms with E-state index in [2.05, 4.69) is 0 Å². The summed E-state index contributed by atoms with van der Waals surface area (Å²) in [5, 5.41) is 6.94. The molecule has 0 aromatic carbocycles. The molecule has 3 heteroatoms. The van der Waals surface area contributed by atoms with Crippen molar-refractivity contribution in [2.24, 2.45) is 5.73 Å². The van der Waals surface area contributed by atoms with Crippen molar-refractivity contribution in [3.63, 3.8) is 0 Å². The summed E-state index contributed by atoms with van der Waals surface area (Å²) in [6.07, 6.45) is 1.90. The van der Waals surface area contributed by atoms with Crippen LogP contribution in [0.25, 0.3) is 0 Å². The summed E-state index contributed by atoms with van der Waals surface area (Å²) in [7, 11) is 0. The molecular formula is C5H10N2O. The molecule has 0 radical (unpaired) electrons. The van der Waals surface area contributed by atoms with E-state index in [-0.39, 0.29) is 11.9 Å². The Labute approximate surface area is 48.3 Å². The first kappa shape index (κ1) is 5.56. The van der Waals surface area contributed by atoms with E-state index in [1.807, 2.05) is 0 Å². The largest absolute Gasteiger partial charge is 0.385 e. The molecule has 0 amide bonds. The quantitative estimate of drug-likeness (QED) is 0.375. The lowest BCUT2D eigenvalue weighted by Gasteiger charge is -2.03. The van der Waals surface area contributed by atoms with Crippen LogP contribution in [0.2, 0.25) is 0 Å². The third kappa shape index (κ3) is 0.980. The van der Waals surface area contributed by atoms with Gasteiger partial charge in [0.2, 0.25) is 0 Å². The van der Waals surface area contributed by atoms with Gasteiger partial charge in [-0.25, -0.2) is 0 Å². The highest BCUT2D eigenvalue weighted by Gasteiger charge is 2.17. The van der Waals surface area contributed by atoms with Crippen molar-refractivity contribution < 1.29 is 4.74 Å². The van der Waals surface area contributed by atoms with Gasteiger partial charge in [-0.1, -0.05) is 0 Å². The number of rotatable bonds is 1. The molecule has 46 valence electrons. The molecule has 0 saturated carbocycles. The molecule has 1 saturated heterocycles. The summed E-state index contributed by atoms with van der Waals surface area (Å²) < 4.78 is 5.06. The highest BCUT2D eigenvalue weighted by molar-refractivity contribution is 5.81. The molecule has 1 aliphatic rings. The van der Waals surface area contributed by atoms with Crippen molar-refractivity contribution in [2.75, 3.05) is 6.61 Å². The number of amidine groups is 1. The van der Waals surface area contributed by atoms with Crippen LogP contribution in [0.1, 0.15) is 12.8 Å². The Hall–Kier alpha value is -0.570. The molecule has 0 bridgehead atoms. The lowest BCUT2D eigenvalue weighted by atomic mass is 10.2. The van der Waals surface area contributed by atoms with Gasteiger partial charge in [0.15, 0.2) is 0 Å². The highest BCUT2D eigenvalue weighted by Crippen LogP contribution is 2.10. The van der Waals surface area contributed by atoms with E-state index in [1.54, 1.807) is 0 Å². The Bertz CT molecular complexity index is 96.6. The Morgan fingerprint density at radius 2 is 2.50 bits per heavy atom. The maximum atomic E-state index is 6.94. The fourth-order valence-corrected chi connectivity index (χ4v) is 0.823. The van der Waals surface area contributed by atoms with Crippen LogP contribution in [0.3, 0.4) is 0 Å². The first-order valence-corrected chi connectivity index (χ1v) is 2.76. The van der Waals surface area contributed by atoms with Gasteiger partial charge in [-0.2, -0.15) is 0 Å². The predicted molar refractivity (Wildman–Crippen MR) is 30.9 cm³/mol. The van der Waals surface area contributed by atoms with Crippen molar-refractivity contribution in [1.82, 2.24) is 0 Å². The number of nitrogens with two attached hydrogens (primary N) is 1. The summed E-state index contributed by atoms with van der Waals surface area (Å²) in [6, 6.07) is 0. The molecule has 0 aromatic heterocycles. The van der Waals surface area contributed by atoms with Crippen molar-refractivity contribution in [3.05, 3.63) is 0 Å². The van der Waals surface area contributed by atoms with Crippen LogP contribution in [0.15, 0.2) is 0 Å². The first-order chi connectivity index (χ1) is 3.80. The third-order valence-corrected chi connectivity index (χ3v) is 1.28. The second-order valence-electron chi connectivity index (χ2n) is 1.96. The van der Waals surface area contributed by atoms with Crippen molar-refractivity contribution in [1.29, 1.82) is 5.41 Å². The monoisotopic (exact) mass is 114 g/mol. The molecule has 1 heterocycles. The molecule has 1 rings (SSSR count). The van der Waals surface area contributed by atoms with Gasteiger partial charge in [0.1, 0.15) is 11.9 Å². The average Bonchev–Trinajstić information content (AvgIpc) is 2.12. The molecule has 3 N–H and O–H groups in total. The zero-order valence-corrected chi connectivity index (χ0v) is 4.68. The first-order valence-electron chi connectivity index (χ1n) is 2.76. The van der Waals surface area contributed by atoms with Crippen LogP contribution >= 0.6 is 0 Å².